The number of hydrogen-bond acceptors (Lipinski definition) is 5. The maximum Gasteiger partial charge on any atom is 0.298 e. The highest BCUT2D eigenvalue weighted by Crippen LogP contribution is 2.36. The molecule has 112 valence electrons. The molecule has 0 unspecified atom stereocenters. The van der Waals surface area contributed by atoms with E-state index in [1.807, 2.05) is 13.1 Å². The summed E-state index contributed by atoms with van der Waals surface area (Å²) in [7, 11) is -2.08. The summed E-state index contributed by atoms with van der Waals surface area (Å²) in [6.45, 7) is 11.8. The first kappa shape index (κ1) is 16.8. The van der Waals surface area contributed by atoms with E-state index < -0.39 is 8.32 Å². The van der Waals surface area contributed by atoms with Crippen molar-refractivity contribution in [2.24, 2.45) is 0 Å². The average Bonchev–Trinajstić information content (AvgIpc) is 2.61. The minimum absolute atomic E-state index is 0.00786. The van der Waals surface area contributed by atoms with E-state index in [1.165, 1.54) is 18.3 Å². The van der Waals surface area contributed by atoms with E-state index >= 15 is 0 Å². The highest BCUT2D eigenvalue weighted by Gasteiger charge is 2.40. The second kappa shape index (κ2) is 6.05. The molecule has 1 aromatic rings. The molecule has 0 bridgehead atoms. The summed E-state index contributed by atoms with van der Waals surface area (Å²) in [4.78, 5) is 27.1. The van der Waals surface area contributed by atoms with Gasteiger partial charge in [-0.3, -0.25) is 9.59 Å². The van der Waals surface area contributed by atoms with Crippen molar-refractivity contribution in [1.29, 1.82) is 0 Å². The fourth-order valence-electron chi connectivity index (χ4n) is 1.22. The van der Waals surface area contributed by atoms with Crippen molar-refractivity contribution >= 4 is 36.7 Å². The molecule has 1 rings (SSSR count). The SMILES string of the molecule is CC(=O)Nc1nc(CC(=O)O[Si](C)(C)C(C)(C)C)cs1. The molecular formula is C13H22N2O3SSi. The van der Waals surface area contributed by atoms with Crippen LogP contribution in [0.5, 0.6) is 0 Å². The quantitative estimate of drug-likeness (QED) is 0.867. The number of thiazole rings is 1. The molecule has 0 spiro atoms. The summed E-state index contributed by atoms with van der Waals surface area (Å²) >= 11 is 1.30. The van der Waals surface area contributed by atoms with Crippen molar-refractivity contribution in [1.82, 2.24) is 4.98 Å². The molecule has 0 aliphatic carbocycles. The Morgan fingerprint density at radius 3 is 2.50 bits per heavy atom. The molecule has 7 heteroatoms. The predicted molar refractivity (Wildman–Crippen MR) is 83.4 cm³/mol. The number of nitrogens with zero attached hydrogens (tertiary/aromatic N) is 1. The van der Waals surface area contributed by atoms with Gasteiger partial charge < -0.3 is 9.74 Å². The maximum absolute atomic E-state index is 12.0. The molecule has 0 saturated carbocycles. The van der Waals surface area contributed by atoms with E-state index in [-0.39, 0.29) is 23.3 Å². The minimum atomic E-state index is -2.08. The fourth-order valence-corrected chi connectivity index (χ4v) is 2.92. The van der Waals surface area contributed by atoms with Crippen LogP contribution in [0.1, 0.15) is 33.4 Å². The van der Waals surface area contributed by atoms with Crippen LogP contribution in [-0.2, 0) is 20.4 Å². The van der Waals surface area contributed by atoms with Crippen molar-refractivity contribution < 1.29 is 14.0 Å². The van der Waals surface area contributed by atoms with Crippen molar-refractivity contribution in [3.63, 3.8) is 0 Å². The van der Waals surface area contributed by atoms with Crippen LogP contribution in [-0.4, -0.2) is 25.2 Å². The minimum Gasteiger partial charge on any atom is -0.519 e. The predicted octanol–water partition coefficient (Wildman–Crippen LogP) is 3.19. The van der Waals surface area contributed by atoms with Gasteiger partial charge in [-0.15, -0.1) is 11.3 Å². The molecule has 1 amide bonds. The Bertz CT molecular complexity index is 506. The number of rotatable bonds is 4. The van der Waals surface area contributed by atoms with Gasteiger partial charge in [0.2, 0.25) is 5.91 Å². The topological polar surface area (TPSA) is 68.3 Å². The van der Waals surface area contributed by atoms with Crippen LogP contribution in [0.3, 0.4) is 0 Å². The smallest absolute Gasteiger partial charge is 0.298 e. The highest BCUT2D eigenvalue weighted by atomic mass is 32.1. The van der Waals surface area contributed by atoms with Crippen LogP contribution in [0.15, 0.2) is 5.38 Å². The summed E-state index contributed by atoms with van der Waals surface area (Å²) in [5, 5.41) is 4.86. The monoisotopic (exact) mass is 314 g/mol. The third-order valence-electron chi connectivity index (χ3n) is 3.34. The molecule has 1 N–H and O–H groups in total. The highest BCUT2D eigenvalue weighted by molar-refractivity contribution is 7.13. The number of anilines is 1. The van der Waals surface area contributed by atoms with Crippen LogP contribution in [0.4, 0.5) is 5.13 Å². The lowest BCUT2D eigenvalue weighted by atomic mass is 10.2. The lowest BCUT2D eigenvalue weighted by Gasteiger charge is -2.35. The van der Waals surface area contributed by atoms with Gasteiger partial charge in [0, 0.05) is 12.3 Å². The second-order valence-electron chi connectivity index (χ2n) is 6.24. The molecule has 0 aliphatic rings. The number of nitrogens with one attached hydrogen (secondary N) is 1. The average molecular weight is 314 g/mol. The first-order chi connectivity index (χ1) is 9.01. The summed E-state index contributed by atoms with van der Waals surface area (Å²) in [6.07, 6.45) is 0.141. The Morgan fingerprint density at radius 2 is 2.00 bits per heavy atom. The van der Waals surface area contributed by atoms with Crippen LogP contribution in [0.25, 0.3) is 0 Å². The standard InChI is InChI=1S/C13H22N2O3SSi/c1-9(16)14-12-15-10(8-19-12)7-11(17)18-20(5,6)13(2,3)4/h8H,7H2,1-6H3,(H,14,15,16). The summed E-state index contributed by atoms with van der Waals surface area (Å²) in [5.74, 6) is -0.425. The van der Waals surface area contributed by atoms with Gasteiger partial charge in [0.1, 0.15) is 0 Å². The van der Waals surface area contributed by atoms with Crippen LogP contribution < -0.4 is 5.32 Å². The number of aromatic nitrogens is 1. The fraction of sp³-hybridized carbons (Fsp3) is 0.615. The lowest BCUT2D eigenvalue weighted by molar-refractivity contribution is -0.134. The van der Waals surface area contributed by atoms with E-state index in [9.17, 15) is 9.59 Å². The van der Waals surface area contributed by atoms with Gasteiger partial charge in [-0.05, 0) is 18.1 Å². The molecule has 1 heterocycles. The van der Waals surface area contributed by atoms with Gasteiger partial charge >= 0.3 is 0 Å². The van der Waals surface area contributed by atoms with Crippen molar-refractivity contribution in [2.45, 2.75) is 52.2 Å². The van der Waals surface area contributed by atoms with Gasteiger partial charge in [-0.1, -0.05) is 20.8 Å². The van der Waals surface area contributed by atoms with Gasteiger partial charge in [0.05, 0.1) is 12.1 Å². The normalized spacial score (nSPS) is 12.1. The third kappa shape index (κ3) is 4.72. The van der Waals surface area contributed by atoms with Crippen molar-refractivity contribution in [3.05, 3.63) is 11.1 Å². The van der Waals surface area contributed by atoms with E-state index in [0.29, 0.717) is 10.8 Å². The Labute approximate surface area is 124 Å². The molecule has 0 atom stereocenters. The van der Waals surface area contributed by atoms with Crippen molar-refractivity contribution in [3.8, 4) is 0 Å². The number of amides is 1. The van der Waals surface area contributed by atoms with Crippen LogP contribution >= 0.6 is 11.3 Å². The molecule has 1 aromatic heterocycles. The molecular weight excluding hydrogens is 292 g/mol. The third-order valence-corrected chi connectivity index (χ3v) is 8.49. The van der Waals surface area contributed by atoms with Gasteiger partial charge in [0.25, 0.3) is 14.3 Å². The lowest BCUT2D eigenvalue weighted by Crippen LogP contribution is -2.43. The zero-order valence-corrected chi connectivity index (χ0v) is 14.7. The molecule has 0 saturated heterocycles. The Balaban J connectivity index is 2.63. The summed E-state index contributed by atoms with van der Waals surface area (Å²) in [6, 6.07) is 0. The Hall–Kier alpha value is -1.21. The van der Waals surface area contributed by atoms with Crippen LogP contribution in [0.2, 0.25) is 18.1 Å². The largest absolute Gasteiger partial charge is 0.519 e. The first-order valence-corrected chi connectivity index (χ1v) is 10.2. The molecule has 0 aromatic carbocycles. The van der Waals surface area contributed by atoms with E-state index in [0.717, 1.165) is 0 Å². The van der Waals surface area contributed by atoms with Crippen LogP contribution in [0, 0.1) is 0 Å². The van der Waals surface area contributed by atoms with Crippen molar-refractivity contribution in [2.75, 3.05) is 5.32 Å². The Kier molecular flexibility index (Phi) is 5.09. The van der Waals surface area contributed by atoms with Gasteiger partial charge in [-0.25, -0.2) is 4.98 Å². The second-order valence-corrected chi connectivity index (χ2v) is 11.8. The number of hydrogen-bond donors (Lipinski definition) is 1. The molecule has 0 aliphatic heterocycles. The maximum atomic E-state index is 12.0. The first-order valence-electron chi connectivity index (χ1n) is 6.45. The van der Waals surface area contributed by atoms with Gasteiger partial charge in [-0.2, -0.15) is 0 Å². The number of carbonyl (C=O) groups excluding carboxylic acids is 2. The zero-order chi connectivity index (χ0) is 15.6. The van der Waals surface area contributed by atoms with Gasteiger partial charge in [0.15, 0.2) is 5.13 Å². The molecule has 20 heavy (non-hydrogen) atoms. The van der Waals surface area contributed by atoms with E-state index in [1.54, 1.807) is 5.38 Å². The Morgan fingerprint density at radius 1 is 1.40 bits per heavy atom. The molecule has 5 nitrogen and oxygen atoms in total. The van der Waals surface area contributed by atoms with E-state index in [4.69, 9.17) is 4.43 Å². The molecule has 0 radical (unpaired) electrons. The van der Waals surface area contributed by atoms with E-state index in [2.05, 4.69) is 31.1 Å². The summed E-state index contributed by atoms with van der Waals surface area (Å²) in [5.41, 5.74) is 0.627. The zero-order valence-electron chi connectivity index (χ0n) is 12.9. The number of carbonyl (C=O) groups is 2. The summed E-state index contributed by atoms with van der Waals surface area (Å²) < 4.78 is 5.67. The molecule has 0 fully saturated rings.